The summed E-state index contributed by atoms with van der Waals surface area (Å²) in [5.41, 5.74) is 1.23. The van der Waals surface area contributed by atoms with Crippen molar-refractivity contribution in [2.75, 3.05) is 11.9 Å². The number of rotatable bonds is 2. The fourth-order valence-corrected chi connectivity index (χ4v) is 3.16. The molecular formula is C19H15F4N5O. The summed E-state index contributed by atoms with van der Waals surface area (Å²) in [6.45, 7) is 1.00. The van der Waals surface area contributed by atoms with Gasteiger partial charge >= 0.3 is 12.2 Å². The van der Waals surface area contributed by atoms with Crippen LogP contribution in [0, 0.1) is 5.82 Å². The second-order valence-electron chi connectivity index (χ2n) is 6.51. The van der Waals surface area contributed by atoms with Crippen LogP contribution in [-0.4, -0.2) is 32.2 Å². The SMILES string of the molecule is O=C(Nc1ccnc(C(F)(F)F)c1)N1CCn2ncc(-c3ccc(F)cc3)c2C1. The van der Waals surface area contributed by atoms with Gasteiger partial charge in [0.2, 0.25) is 0 Å². The summed E-state index contributed by atoms with van der Waals surface area (Å²) in [6, 6.07) is 7.50. The first-order valence-corrected chi connectivity index (χ1v) is 8.71. The zero-order chi connectivity index (χ0) is 20.6. The number of hydrogen-bond acceptors (Lipinski definition) is 3. The lowest BCUT2D eigenvalue weighted by atomic mass is 10.1. The maximum Gasteiger partial charge on any atom is 0.433 e. The molecule has 0 aliphatic carbocycles. The third kappa shape index (κ3) is 3.91. The molecule has 0 radical (unpaired) electrons. The van der Waals surface area contributed by atoms with Crippen LogP contribution in [0.1, 0.15) is 11.4 Å². The lowest BCUT2D eigenvalue weighted by molar-refractivity contribution is -0.141. The summed E-state index contributed by atoms with van der Waals surface area (Å²) in [6.07, 6.45) is -1.94. The number of carbonyl (C=O) groups excluding carboxylic acids is 1. The number of aromatic nitrogens is 3. The van der Waals surface area contributed by atoms with Crippen LogP contribution in [0.25, 0.3) is 11.1 Å². The molecule has 1 aromatic carbocycles. The van der Waals surface area contributed by atoms with E-state index in [0.717, 1.165) is 29.1 Å². The number of nitrogens with one attached hydrogen (secondary N) is 1. The molecule has 0 saturated heterocycles. The van der Waals surface area contributed by atoms with Crippen LogP contribution in [0.5, 0.6) is 0 Å². The molecule has 3 aromatic rings. The average Bonchev–Trinajstić information content (AvgIpc) is 3.11. The number of amides is 2. The van der Waals surface area contributed by atoms with E-state index < -0.39 is 17.9 Å². The van der Waals surface area contributed by atoms with E-state index >= 15 is 0 Å². The number of anilines is 1. The van der Waals surface area contributed by atoms with Gasteiger partial charge in [-0.1, -0.05) is 12.1 Å². The number of hydrogen-bond donors (Lipinski definition) is 1. The van der Waals surface area contributed by atoms with Gasteiger partial charge in [-0.05, 0) is 29.8 Å². The third-order valence-corrected chi connectivity index (χ3v) is 4.62. The Morgan fingerprint density at radius 3 is 2.59 bits per heavy atom. The van der Waals surface area contributed by atoms with E-state index in [9.17, 15) is 22.4 Å². The number of nitrogens with zero attached hydrogens (tertiary/aromatic N) is 4. The van der Waals surface area contributed by atoms with Crippen molar-refractivity contribution in [1.82, 2.24) is 19.7 Å². The van der Waals surface area contributed by atoms with Crippen molar-refractivity contribution in [1.29, 1.82) is 0 Å². The molecule has 0 fully saturated rings. The molecule has 0 unspecified atom stereocenters. The van der Waals surface area contributed by atoms with E-state index in [1.54, 1.807) is 23.0 Å². The molecule has 0 spiro atoms. The van der Waals surface area contributed by atoms with Gasteiger partial charge in [0, 0.05) is 24.0 Å². The summed E-state index contributed by atoms with van der Waals surface area (Å²) in [5, 5.41) is 6.78. The fourth-order valence-electron chi connectivity index (χ4n) is 3.16. The Balaban J connectivity index is 1.52. The molecular weight excluding hydrogens is 390 g/mol. The largest absolute Gasteiger partial charge is 0.433 e. The number of alkyl halides is 3. The summed E-state index contributed by atoms with van der Waals surface area (Å²) >= 11 is 0. The van der Waals surface area contributed by atoms with Gasteiger partial charge in [0.05, 0.1) is 25.0 Å². The number of carbonyl (C=O) groups is 1. The van der Waals surface area contributed by atoms with E-state index in [-0.39, 0.29) is 18.0 Å². The number of halogens is 4. The molecule has 29 heavy (non-hydrogen) atoms. The van der Waals surface area contributed by atoms with Crippen LogP contribution in [-0.2, 0) is 19.3 Å². The predicted molar refractivity (Wildman–Crippen MR) is 96.3 cm³/mol. The smallest absolute Gasteiger partial charge is 0.317 e. The number of benzene rings is 1. The molecule has 1 aliphatic heterocycles. The van der Waals surface area contributed by atoms with E-state index in [4.69, 9.17) is 0 Å². The van der Waals surface area contributed by atoms with Gasteiger partial charge in [-0.25, -0.2) is 9.18 Å². The van der Waals surface area contributed by atoms with Crippen molar-refractivity contribution in [3.05, 3.63) is 66.0 Å². The van der Waals surface area contributed by atoms with Crippen molar-refractivity contribution in [3.63, 3.8) is 0 Å². The molecule has 0 saturated carbocycles. The molecule has 0 atom stereocenters. The minimum absolute atomic E-state index is 0.00941. The van der Waals surface area contributed by atoms with Gasteiger partial charge in [-0.15, -0.1) is 0 Å². The van der Waals surface area contributed by atoms with E-state index in [2.05, 4.69) is 15.4 Å². The fraction of sp³-hybridized carbons (Fsp3) is 0.211. The third-order valence-electron chi connectivity index (χ3n) is 4.62. The molecule has 1 aliphatic rings. The normalized spacial score (nSPS) is 13.9. The molecule has 6 nitrogen and oxygen atoms in total. The molecule has 2 amide bonds. The second-order valence-corrected chi connectivity index (χ2v) is 6.51. The first kappa shape index (κ1) is 18.9. The first-order chi connectivity index (χ1) is 13.8. The quantitative estimate of drug-likeness (QED) is 0.652. The van der Waals surface area contributed by atoms with Gasteiger partial charge < -0.3 is 10.2 Å². The Morgan fingerprint density at radius 1 is 1.10 bits per heavy atom. The zero-order valence-corrected chi connectivity index (χ0v) is 14.9. The minimum Gasteiger partial charge on any atom is -0.317 e. The monoisotopic (exact) mass is 405 g/mol. The van der Waals surface area contributed by atoms with E-state index in [1.807, 2.05) is 0 Å². The molecule has 3 heterocycles. The number of urea groups is 1. The van der Waals surface area contributed by atoms with Crippen LogP contribution < -0.4 is 5.32 Å². The summed E-state index contributed by atoms with van der Waals surface area (Å²) in [7, 11) is 0. The maximum atomic E-state index is 13.2. The molecule has 150 valence electrons. The number of pyridine rings is 1. The molecule has 1 N–H and O–H groups in total. The Bertz CT molecular complexity index is 1050. The Kier molecular flexibility index (Phi) is 4.69. The Hall–Kier alpha value is -3.43. The lowest BCUT2D eigenvalue weighted by Crippen LogP contribution is -2.41. The van der Waals surface area contributed by atoms with Gasteiger partial charge in [-0.3, -0.25) is 9.67 Å². The molecule has 10 heteroatoms. The maximum absolute atomic E-state index is 13.2. The summed E-state index contributed by atoms with van der Waals surface area (Å²) < 4.78 is 53.4. The van der Waals surface area contributed by atoms with Crippen LogP contribution in [0.15, 0.2) is 48.8 Å². The molecule has 4 rings (SSSR count). The summed E-state index contributed by atoms with van der Waals surface area (Å²) in [5.74, 6) is -0.355. The minimum atomic E-state index is -4.59. The zero-order valence-electron chi connectivity index (χ0n) is 14.9. The predicted octanol–water partition coefficient (Wildman–Crippen LogP) is 4.15. The van der Waals surface area contributed by atoms with Gasteiger partial charge in [0.1, 0.15) is 11.5 Å². The molecule has 2 aromatic heterocycles. The number of fused-ring (bicyclic) bond motifs is 1. The van der Waals surface area contributed by atoms with Crippen molar-refractivity contribution < 1.29 is 22.4 Å². The topological polar surface area (TPSA) is 63.1 Å². The second kappa shape index (κ2) is 7.19. The highest BCUT2D eigenvalue weighted by Crippen LogP contribution is 2.30. The van der Waals surface area contributed by atoms with E-state index in [0.29, 0.717) is 13.1 Å². The van der Waals surface area contributed by atoms with Crippen LogP contribution >= 0.6 is 0 Å². The van der Waals surface area contributed by atoms with Crippen molar-refractivity contribution in [2.24, 2.45) is 0 Å². The van der Waals surface area contributed by atoms with Gasteiger partial charge in [0.15, 0.2) is 0 Å². The van der Waals surface area contributed by atoms with Gasteiger partial charge in [0.25, 0.3) is 0 Å². The molecule has 0 bridgehead atoms. The van der Waals surface area contributed by atoms with Crippen molar-refractivity contribution >= 4 is 11.7 Å². The van der Waals surface area contributed by atoms with Crippen LogP contribution in [0.3, 0.4) is 0 Å². The average molecular weight is 405 g/mol. The van der Waals surface area contributed by atoms with Gasteiger partial charge in [-0.2, -0.15) is 18.3 Å². The highest BCUT2D eigenvalue weighted by Gasteiger charge is 2.33. The van der Waals surface area contributed by atoms with Crippen molar-refractivity contribution in [2.45, 2.75) is 19.3 Å². The highest BCUT2D eigenvalue weighted by molar-refractivity contribution is 5.89. The summed E-state index contributed by atoms with van der Waals surface area (Å²) in [4.78, 5) is 17.3. The van der Waals surface area contributed by atoms with Crippen LogP contribution in [0.4, 0.5) is 28.0 Å². The first-order valence-electron chi connectivity index (χ1n) is 8.71. The lowest BCUT2D eigenvalue weighted by Gasteiger charge is -2.28. The van der Waals surface area contributed by atoms with Crippen molar-refractivity contribution in [3.8, 4) is 11.1 Å². The Labute approximate surface area is 162 Å². The van der Waals surface area contributed by atoms with Crippen LogP contribution in [0.2, 0.25) is 0 Å². The Morgan fingerprint density at radius 2 is 1.86 bits per heavy atom. The van der Waals surface area contributed by atoms with E-state index in [1.165, 1.54) is 23.1 Å². The highest BCUT2D eigenvalue weighted by atomic mass is 19.4. The standard InChI is InChI=1S/C19H15F4N5O/c20-13-3-1-12(2-4-13)15-10-25-28-8-7-27(11-16(15)28)18(29)26-14-5-6-24-17(9-14)19(21,22)23/h1-6,9-10H,7-8,11H2,(H,24,26,29).